The first-order chi connectivity index (χ1) is 9.88. The second-order valence-corrected chi connectivity index (χ2v) is 4.06. The molecule has 0 aliphatic heterocycles. The lowest BCUT2D eigenvalue weighted by Gasteiger charge is -2.14. The number of nitrogens with one attached hydrogen (secondary N) is 2. The average molecular weight is 296 g/mol. The molecule has 3 N–H and O–H groups in total. The van der Waals surface area contributed by atoms with Crippen LogP contribution in [0.4, 0.5) is 10.5 Å². The molecule has 1 aromatic carbocycles. The van der Waals surface area contributed by atoms with Crippen LogP contribution in [-0.4, -0.2) is 43.3 Å². The molecule has 1 atom stereocenters. The zero-order chi connectivity index (χ0) is 16.0. The van der Waals surface area contributed by atoms with Gasteiger partial charge in [-0.2, -0.15) is 0 Å². The van der Waals surface area contributed by atoms with Gasteiger partial charge in [-0.1, -0.05) is 0 Å². The highest BCUT2D eigenvalue weighted by atomic mass is 16.5. The Morgan fingerprint density at radius 3 is 2.43 bits per heavy atom. The summed E-state index contributed by atoms with van der Waals surface area (Å²) >= 11 is 0. The van der Waals surface area contributed by atoms with Crippen molar-refractivity contribution in [2.24, 2.45) is 0 Å². The first kappa shape index (κ1) is 16.3. The number of amides is 2. The fourth-order valence-corrected chi connectivity index (χ4v) is 1.53. The number of aromatic carboxylic acids is 1. The largest absolute Gasteiger partial charge is 0.497 e. The summed E-state index contributed by atoms with van der Waals surface area (Å²) in [4.78, 5) is 34.0. The van der Waals surface area contributed by atoms with Gasteiger partial charge < -0.3 is 25.2 Å². The Kier molecular flexibility index (Phi) is 5.53. The molecule has 0 aromatic heterocycles. The number of carbonyl (C=O) groups is 3. The average Bonchev–Trinajstić information content (AvgIpc) is 2.46. The number of benzene rings is 1. The lowest BCUT2D eigenvalue weighted by molar-refractivity contribution is -0.142. The Morgan fingerprint density at radius 1 is 1.24 bits per heavy atom. The van der Waals surface area contributed by atoms with Crippen LogP contribution in [0.3, 0.4) is 0 Å². The minimum absolute atomic E-state index is 0.0814. The molecule has 8 nitrogen and oxygen atoms in total. The molecule has 0 fully saturated rings. The Hall–Kier alpha value is -2.77. The number of carbonyl (C=O) groups excluding carboxylic acids is 2. The number of carboxylic acids is 1. The van der Waals surface area contributed by atoms with Gasteiger partial charge in [-0.25, -0.2) is 14.4 Å². The van der Waals surface area contributed by atoms with Crippen LogP contribution in [0.15, 0.2) is 18.2 Å². The minimum atomic E-state index is -1.22. The summed E-state index contributed by atoms with van der Waals surface area (Å²) in [5, 5.41) is 13.8. The molecule has 1 aromatic rings. The van der Waals surface area contributed by atoms with E-state index < -0.39 is 24.0 Å². The molecular formula is C13H16N2O6. The number of methoxy groups -OCH3 is 2. The van der Waals surface area contributed by atoms with Gasteiger partial charge in [0.2, 0.25) is 0 Å². The molecule has 0 heterocycles. The maximum absolute atomic E-state index is 11.7. The van der Waals surface area contributed by atoms with Crippen molar-refractivity contribution >= 4 is 23.7 Å². The summed E-state index contributed by atoms with van der Waals surface area (Å²) in [5.74, 6) is -1.48. The van der Waals surface area contributed by atoms with Gasteiger partial charge in [0.05, 0.1) is 25.5 Å². The lowest BCUT2D eigenvalue weighted by Crippen LogP contribution is -2.41. The van der Waals surface area contributed by atoms with Crippen molar-refractivity contribution in [2.45, 2.75) is 13.0 Å². The third kappa shape index (κ3) is 4.37. The van der Waals surface area contributed by atoms with Crippen LogP contribution < -0.4 is 15.4 Å². The highest BCUT2D eigenvalue weighted by Crippen LogP contribution is 2.22. The van der Waals surface area contributed by atoms with Gasteiger partial charge in [0.15, 0.2) is 0 Å². The third-order valence-corrected chi connectivity index (χ3v) is 2.61. The van der Waals surface area contributed by atoms with E-state index in [1.54, 1.807) is 0 Å². The van der Waals surface area contributed by atoms with Crippen LogP contribution in [0.25, 0.3) is 0 Å². The molecule has 1 rings (SSSR count). The molecule has 2 amide bonds. The van der Waals surface area contributed by atoms with Crippen LogP contribution >= 0.6 is 0 Å². The Balaban J connectivity index is 2.85. The normalized spacial score (nSPS) is 11.2. The van der Waals surface area contributed by atoms with Gasteiger partial charge >= 0.3 is 18.0 Å². The molecule has 0 saturated carbocycles. The fourth-order valence-electron chi connectivity index (χ4n) is 1.53. The maximum Gasteiger partial charge on any atom is 0.337 e. The molecule has 0 bridgehead atoms. The SMILES string of the molecule is COC(=O)C(C)NC(=O)Nc1ccc(OC)cc1C(=O)O. The van der Waals surface area contributed by atoms with Gasteiger partial charge in [0.25, 0.3) is 0 Å². The molecule has 1 unspecified atom stereocenters. The van der Waals surface area contributed by atoms with Crippen molar-refractivity contribution in [3.8, 4) is 5.75 Å². The predicted octanol–water partition coefficient (Wildman–Crippen LogP) is 1.08. The van der Waals surface area contributed by atoms with Gasteiger partial charge in [-0.3, -0.25) is 0 Å². The highest BCUT2D eigenvalue weighted by molar-refractivity contribution is 6.01. The van der Waals surface area contributed by atoms with Gasteiger partial charge in [-0.05, 0) is 25.1 Å². The van der Waals surface area contributed by atoms with E-state index in [0.29, 0.717) is 5.75 Å². The minimum Gasteiger partial charge on any atom is -0.497 e. The number of hydrogen-bond acceptors (Lipinski definition) is 5. The summed E-state index contributed by atoms with van der Waals surface area (Å²) < 4.78 is 9.39. The molecule has 0 spiro atoms. The monoisotopic (exact) mass is 296 g/mol. The molecule has 0 aliphatic carbocycles. The smallest absolute Gasteiger partial charge is 0.337 e. The molecule has 21 heavy (non-hydrogen) atoms. The number of anilines is 1. The first-order valence-electron chi connectivity index (χ1n) is 5.95. The van der Waals surface area contributed by atoms with Crippen LogP contribution in [0.5, 0.6) is 5.75 Å². The molecule has 0 radical (unpaired) electrons. The molecule has 8 heteroatoms. The van der Waals surface area contributed by atoms with Crippen LogP contribution in [0.1, 0.15) is 17.3 Å². The number of rotatable bonds is 5. The number of carboxylic acid groups (broad SMARTS) is 1. The topological polar surface area (TPSA) is 114 Å². The van der Waals surface area contributed by atoms with E-state index >= 15 is 0 Å². The number of esters is 1. The number of urea groups is 1. The molecule has 0 saturated heterocycles. The molecule has 0 aliphatic rings. The first-order valence-corrected chi connectivity index (χ1v) is 5.95. The van der Waals surface area contributed by atoms with Crippen LogP contribution in [-0.2, 0) is 9.53 Å². The second-order valence-electron chi connectivity index (χ2n) is 4.06. The van der Waals surface area contributed by atoms with Gasteiger partial charge in [-0.15, -0.1) is 0 Å². The molecule has 114 valence electrons. The Morgan fingerprint density at radius 2 is 1.90 bits per heavy atom. The standard InChI is InChI=1S/C13H16N2O6/c1-7(12(18)21-3)14-13(19)15-10-5-4-8(20-2)6-9(10)11(16)17/h4-7H,1-3H3,(H,16,17)(H2,14,15,19). The van der Waals surface area contributed by atoms with E-state index in [0.717, 1.165) is 0 Å². The fraction of sp³-hybridized carbons (Fsp3) is 0.308. The summed E-state index contributed by atoms with van der Waals surface area (Å²) in [6, 6.07) is 2.60. The third-order valence-electron chi connectivity index (χ3n) is 2.61. The van der Waals surface area contributed by atoms with E-state index in [2.05, 4.69) is 15.4 Å². The number of hydrogen-bond donors (Lipinski definition) is 3. The van der Waals surface area contributed by atoms with Crippen molar-refractivity contribution < 1.29 is 29.0 Å². The van der Waals surface area contributed by atoms with E-state index in [-0.39, 0.29) is 11.3 Å². The summed E-state index contributed by atoms with van der Waals surface area (Å²) in [6.45, 7) is 1.44. The van der Waals surface area contributed by atoms with E-state index in [9.17, 15) is 14.4 Å². The Labute approximate surface area is 121 Å². The van der Waals surface area contributed by atoms with E-state index in [1.807, 2.05) is 0 Å². The lowest BCUT2D eigenvalue weighted by atomic mass is 10.1. The van der Waals surface area contributed by atoms with E-state index in [4.69, 9.17) is 9.84 Å². The molecular weight excluding hydrogens is 280 g/mol. The Bertz CT molecular complexity index is 558. The van der Waals surface area contributed by atoms with Crippen molar-refractivity contribution in [1.82, 2.24) is 5.32 Å². The van der Waals surface area contributed by atoms with Crippen molar-refractivity contribution in [1.29, 1.82) is 0 Å². The summed E-state index contributed by atoms with van der Waals surface area (Å²) in [5.41, 5.74) is -0.0481. The summed E-state index contributed by atoms with van der Waals surface area (Å²) in [7, 11) is 2.60. The zero-order valence-corrected chi connectivity index (χ0v) is 11.8. The van der Waals surface area contributed by atoms with Crippen molar-refractivity contribution in [2.75, 3.05) is 19.5 Å². The van der Waals surface area contributed by atoms with E-state index in [1.165, 1.54) is 39.3 Å². The predicted molar refractivity (Wildman–Crippen MR) is 73.6 cm³/mol. The maximum atomic E-state index is 11.7. The highest BCUT2D eigenvalue weighted by Gasteiger charge is 2.18. The zero-order valence-electron chi connectivity index (χ0n) is 11.8. The van der Waals surface area contributed by atoms with Gasteiger partial charge in [0, 0.05) is 0 Å². The number of ether oxygens (including phenoxy) is 2. The van der Waals surface area contributed by atoms with Crippen molar-refractivity contribution in [3.63, 3.8) is 0 Å². The van der Waals surface area contributed by atoms with Crippen LogP contribution in [0.2, 0.25) is 0 Å². The van der Waals surface area contributed by atoms with Crippen LogP contribution in [0, 0.1) is 0 Å². The van der Waals surface area contributed by atoms with Gasteiger partial charge in [0.1, 0.15) is 11.8 Å². The second kappa shape index (κ2) is 7.13. The summed E-state index contributed by atoms with van der Waals surface area (Å²) in [6.07, 6.45) is 0. The quantitative estimate of drug-likeness (QED) is 0.700. The van der Waals surface area contributed by atoms with Crippen molar-refractivity contribution in [3.05, 3.63) is 23.8 Å².